The summed E-state index contributed by atoms with van der Waals surface area (Å²) in [5, 5.41) is 4.84. The van der Waals surface area contributed by atoms with Gasteiger partial charge in [0.05, 0.1) is 16.3 Å². The van der Waals surface area contributed by atoms with Crippen molar-refractivity contribution in [3.63, 3.8) is 0 Å². The summed E-state index contributed by atoms with van der Waals surface area (Å²) in [6.07, 6.45) is 1.42. The van der Waals surface area contributed by atoms with Gasteiger partial charge < -0.3 is 4.74 Å². The molecule has 0 bridgehead atoms. The van der Waals surface area contributed by atoms with Gasteiger partial charge in [-0.25, -0.2) is 5.43 Å². The zero-order valence-corrected chi connectivity index (χ0v) is 16.7. The SMILES string of the molecule is Cc1ccc(COc2ccc(C(=O)NN=Cc3c(Cl)cccc3Cl)cc2)cc1. The molecule has 3 rings (SSSR count). The number of halogens is 2. The number of aryl methyl sites for hydroxylation is 1. The van der Waals surface area contributed by atoms with Crippen molar-refractivity contribution in [1.29, 1.82) is 0 Å². The summed E-state index contributed by atoms with van der Waals surface area (Å²) in [5.74, 6) is 0.341. The van der Waals surface area contributed by atoms with E-state index in [9.17, 15) is 4.79 Å². The van der Waals surface area contributed by atoms with Crippen molar-refractivity contribution in [2.75, 3.05) is 0 Å². The number of hydrazone groups is 1. The van der Waals surface area contributed by atoms with Gasteiger partial charge in [0.25, 0.3) is 5.91 Å². The molecule has 1 amide bonds. The van der Waals surface area contributed by atoms with E-state index in [1.165, 1.54) is 11.8 Å². The molecule has 0 saturated heterocycles. The Bertz CT molecular complexity index is 964. The summed E-state index contributed by atoms with van der Waals surface area (Å²) in [6, 6.07) is 20.1. The van der Waals surface area contributed by atoms with Crippen molar-refractivity contribution in [1.82, 2.24) is 5.43 Å². The highest BCUT2D eigenvalue weighted by Crippen LogP contribution is 2.22. The minimum Gasteiger partial charge on any atom is -0.489 e. The monoisotopic (exact) mass is 412 g/mol. The van der Waals surface area contributed by atoms with Crippen molar-refractivity contribution in [3.8, 4) is 5.75 Å². The van der Waals surface area contributed by atoms with Crippen LogP contribution in [0.5, 0.6) is 5.75 Å². The maximum atomic E-state index is 12.2. The topological polar surface area (TPSA) is 50.7 Å². The van der Waals surface area contributed by atoms with Crippen LogP contribution >= 0.6 is 23.2 Å². The molecule has 0 fully saturated rings. The van der Waals surface area contributed by atoms with E-state index in [0.29, 0.717) is 33.5 Å². The Kier molecular flexibility index (Phi) is 6.69. The van der Waals surface area contributed by atoms with Crippen molar-refractivity contribution in [2.24, 2.45) is 5.10 Å². The van der Waals surface area contributed by atoms with E-state index in [1.807, 2.05) is 31.2 Å². The highest BCUT2D eigenvalue weighted by molar-refractivity contribution is 6.38. The lowest BCUT2D eigenvalue weighted by molar-refractivity contribution is 0.0955. The lowest BCUT2D eigenvalue weighted by Crippen LogP contribution is -2.17. The number of carbonyl (C=O) groups is 1. The highest BCUT2D eigenvalue weighted by atomic mass is 35.5. The molecule has 0 heterocycles. The van der Waals surface area contributed by atoms with Gasteiger partial charge in [0, 0.05) is 11.1 Å². The van der Waals surface area contributed by atoms with E-state index in [-0.39, 0.29) is 5.91 Å². The second-order valence-corrected chi connectivity index (χ2v) is 6.95. The fourth-order valence-corrected chi connectivity index (χ4v) is 2.90. The summed E-state index contributed by atoms with van der Waals surface area (Å²) in [4.78, 5) is 12.2. The Balaban J connectivity index is 1.56. The van der Waals surface area contributed by atoms with Gasteiger partial charge in [-0.3, -0.25) is 4.79 Å². The van der Waals surface area contributed by atoms with Crippen molar-refractivity contribution in [2.45, 2.75) is 13.5 Å². The van der Waals surface area contributed by atoms with Crippen molar-refractivity contribution >= 4 is 35.3 Å². The lowest BCUT2D eigenvalue weighted by Gasteiger charge is -2.07. The summed E-state index contributed by atoms with van der Waals surface area (Å²) in [6.45, 7) is 2.51. The molecule has 0 spiro atoms. The van der Waals surface area contributed by atoms with Gasteiger partial charge in [-0.2, -0.15) is 5.10 Å². The molecule has 3 aromatic carbocycles. The van der Waals surface area contributed by atoms with E-state index in [4.69, 9.17) is 27.9 Å². The number of ether oxygens (including phenoxy) is 1. The molecular formula is C22H18Cl2N2O2. The Morgan fingerprint density at radius 3 is 2.29 bits per heavy atom. The minimum atomic E-state index is -0.343. The minimum absolute atomic E-state index is 0.343. The third-order valence-corrected chi connectivity index (χ3v) is 4.66. The predicted molar refractivity (Wildman–Crippen MR) is 113 cm³/mol. The number of amides is 1. The van der Waals surface area contributed by atoms with Crippen LogP contribution in [0.4, 0.5) is 0 Å². The normalized spacial score (nSPS) is 10.8. The Hall–Kier alpha value is -2.82. The molecule has 142 valence electrons. The summed E-state index contributed by atoms with van der Waals surface area (Å²) < 4.78 is 5.74. The number of rotatable bonds is 6. The molecule has 0 aliphatic heterocycles. The molecule has 0 atom stereocenters. The molecular weight excluding hydrogens is 395 g/mol. The fraction of sp³-hybridized carbons (Fsp3) is 0.0909. The number of hydrogen-bond acceptors (Lipinski definition) is 3. The van der Waals surface area contributed by atoms with Crippen LogP contribution in [0.3, 0.4) is 0 Å². The average molecular weight is 413 g/mol. The fourth-order valence-electron chi connectivity index (χ4n) is 2.41. The predicted octanol–water partition coefficient (Wildman–Crippen LogP) is 5.64. The summed E-state index contributed by atoms with van der Waals surface area (Å²) in [7, 11) is 0. The van der Waals surface area contributed by atoms with Crippen LogP contribution in [0.25, 0.3) is 0 Å². The maximum absolute atomic E-state index is 12.2. The molecule has 1 N–H and O–H groups in total. The molecule has 3 aromatic rings. The zero-order chi connectivity index (χ0) is 19.9. The molecule has 6 heteroatoms. The molecule has 0 aromatic heterocycles. The summed E-state index contributed by atoms with van der Waals surface area (Å²) in [5.41, 5.74) is 5.76. The Labute approximate surface area is 173 Å². The molecule has 0 unspecified atom stereocenters. The first-order chi connectivity index (χ1) is 13.5. The third-order valence-electron chi connectivity index (χ3n) is 4.00. The second kappa shape index (κ2) is 9.40. The van der Waals surface area contributed by atoms with Crippen molar-refractivity contribution < 1.29 is 9.53 Å². The van der Waals surface area contributed by atoms with Crippen LogP contribution < -0.4 is 10.2 Å². The van der Waals surface area contributed by atoms with E-state index in [0.717, 1.165) is 5.56 Å². The van der Waals surface area contributed by atoms with Gasteiger partial charge in [0.1, 0.15) is 12.4 Å². The van der Waals surface area contributed by atoms with Gasteiger partial charge >= 0.3 is 0 Å². The molecule has 28 heavy (non-hydrogen) atoms. The van der Waals surface area contributed by atoms with Crippen LogP contribution in [-0.2, 0) is 6.61 Å². The molecule has 0 saturated carbocycles. The zero-order valence-electron chi connectivity index (χ0n) is 15.2. The quantitative estimate of drug-likeness (QED) is 0.420. The van der Waals surface area contributed by atoms with Gasteiger partial charge in [-0.1, -0.05) is 59.1 Å². The van der Waals surface area contributed by atoms with Crippen LogP contribution in [0.1, 0.15) is 27.0 Å². The van der Waals surface area contributed by atoms with Gasteiger partial charge in [-0.15, -0.1) is 0 Å². The number of nitrogens with one attached hydrogen (secondary N) is 1. The highest BCUT2D eigenvalue weighted by Gasteiger charge is 2.06. The van der Waals surface area contributed by atoms with Gasteiger partial charge in [0.2, 0.25) is 0 Å². The Morgan fingerprint density at radius 1 is 1.00 bits per heavy atom. The first-order valence-corrected chi connectivity index (χ1v) is 9.34. The van der Waals surface area contributed by atoms with E-state index >= 15 is 0 Å². The second-order valence-electron chi connectivity index (χ2n) is 6.13. The first kappa shape index (κ1) is 19.9. The van der Waals surface area contributed by atoms with Crippen molar-refractivity contribution in [3.05, 3.63) is 99.0 Å². The van der Waals surface area contributed by atoms with Crippen LogP contribution in [0, 0.1) is 6.92 Å². The maximum Gasteiger partial charge on any atom is 0.271 e. The largest absolute Gasteiger partial charge is 0.489 e. The van der Waals surface area contributed by atoms with Gasteiger partial charge in [-0.05, 0) is 48.9 Å². The summed E-state index contributed by atoms with van der Waals surface area (Å²) >= 11 is 12.1. The third kappa shape index (κ3) is 5.35. The van der Waals surface area contributed by atoms with Crippen LogP contribution in [0.2, 0.25) is 10.0 Å². The number of carbonyl (C=O) groups excluding carboxylic acids is 1. The molecule has 0 aliphatic carbocycles. The number of hydrogen-bond donors (Lipinski definition) is 1. The van der Waals surface area contributed by atoms with Crippen LogP contribution in [-0.4, -0.2) is 12.1 Å². The van der Waals surface area contributed by atoms with E-state index in [2.05, 4.69) is 10.5 Å². The molecule has 0 radical (unpaired) electrons. The standard InChI is InChI=1S/C22H18Cl2N2O2/c1-15-5-7-16(8-6-15)14-28-18-11-9-17(10-12-18)22(27)26-25-13-19-20(23)3-2-4-21(19)24/h2-13H,14H2,1H3,(H,26,27). The average Bonchev–Trinajstić information content (AvgIpc) is 2.70. The van der Waals surface area contributed by atoms with E-state index in [1.54, 1.807) is 42.5 Å². The molecule has 0 aliphatic rings. The Morgan fingerprint density at radius 2 is 1.64 bits per heavy atom. The first-order valence-electron chi connectivity index (χ1n) is 8.59. The smallest absolute Gasteiger partial charge is 0.271 e. The lowest BCUT2D eigenvalue weighted by atomic mass is 10.2. The van der Waals surface area contributed by atoms with E-state index < -0.39 is 0 Å². The molecule has 4 nitrogen and oxygen atoms in total. The number of benzene rings is 3. The van der Waals surface area contributed by atoms with Crippen LogP contribution in [0.15, 0.2) is 71.8 Å². The van der Waals surface area contributed by atoms with Gasteiger partial charge in [0.15, 0.2) is 0 Å². The number of nitrogens with zero attached hydrogens (tertiary/aromatic N) is 1.